The van der Waals surface area contributed by atoms with Gasteiger partial charge in [-0.3, -0.25) is 0 Å². The fraction of sp³-hybridized carbons (Fsp3) is 0. The number of para-hydroxylation sites is 1. The summed E-state index contributed by atoms with van der Waals surface area (Å²) in [5.41, 5.74) is 15.5. The maximum absolute atomic E-state index is 3.84. The van der Waals surface area contributed by atoms with Gasteiger partial charge in [-0.1, -0.05) is 127 Å². The first-order chi connectivity index (χ1) is 24.8. The highest BCUT2D eigenvalue weighted by Crippen LogP contribution is 2.42. The molecule has 0 aliphatic rings. The molecule has 0 aliphatic heterocycles. The van der Waals surface area contributed by atoms with Crippen molar-refractivity contribution < 1.29 is 0 Å². The number of aromatic nitrogens is 2. The molecule has 0 radical (unpaired) electrons. The van der Waals surface area contributed by atoms with E-state index in [4.69, 9.17) is 0 Å². The van der Waals surface area contributed by atoms with Gasteiger partial charge in [-0.05, 0) is 99.6 Å². The van der Waals surface area contributed by atoms with E-state index in [1.54, 1.807) is 0 Å². The van der Waals surface area contributed by atoms with Crippen LogP contribution in [0.25, 0.3) is 93.8 Å². The van der Waals surface area contributed by atoms with Gasteiger partial charge < -0.3 is 9.55 Å². The Balaban J connectivity index is 1.25. The monoisotopic (exact) mass is 636 g/mol. The molecule has 0 saturated carbocycles. The Kier molecular flexibility index (Phi) is 6.53. The molecule has 2 aromatic heterocycles. The van der Waals surface area contributed by atoms with Gasteiger partial charge in [0.2, 0.25) is 0 Å². The number of H-pyrrole nitrogens is 1. The van der Waals surface area contributed by atoms with Crippen LogP contribution in [0.5, 0.6) is 0 Å². The zero-order valence-electron chi connectivity index (χ0n) is 27.3. The molecule has 0 saturated heterocycles. The SMILES string of the molecule is c1ccc(-c2ccc3[nH]c4c(-c5ccc6c(c5)c5cc(-c7ccccc7)ccc5n6-c5ccccc5)cc(-c5ccccc5)cc4c3c2)cc1. The van der Waals surface area contributed by atoms with Crippen LogP contribution in [0.15, 0.2) is 188 Å². The van der Waals surface area contributed by atoms with Crippen LogP contribution < -0.4 is 0 Å². The van der Waals surface area contributed by atoms with Crippen molar-refractivity contribution in [3.63, 3.8) is 0 Å². The van der Waals surface area contributed by atoms with Gasteiger partial charge in [0.15, 0.2) is 0 Å². The number of rotatable bonds is 5. The maximum Gasteiger partial charge on any atom is 0.0544 e. The zero-order valence-corrected chi connectivity index (χ0v) is 27.3. The smallest absolute Gasteiger partial charge is 0.0544 e. The van der Waals surface area contributed by atoms with Crippen molar-refractivity contribution in [3.05, 3.63) is 188 Å². The third-order valence-electron chi connectivity index (χ3n) is 10.1. The zero-order chi connectivity index (χ0) is 33.0. The Morgan fingerprint density at radius 3 is 1.38 bits per heavy atom. The van der Waals surface area contributed by atoms with Crippen molar-refractivity contribution in [1.82, 2.24) is 9.55 Å². The number of nitrogens with one attached hydrogen (secondary N) is 1. The summed E-state index contributed by atoms with van der Waals surface area (Å²) in [4.78, 5) is 3.84. The van der Waals surface area contributed by atoms with Crippen LogP contribution in [0.4, 0.5) is 0 Å². The van der Waals surface area contributed by atoms with Crippen molar-refractivity contribution >= 4 is 43.6 Å². The van der Waals surface area contributed by atoms with Gasteiger partial charge in [0, 0.05) is 38.3 Å². The first-order valence-electron chi connectivity index (χ1n) is 17.2. The van der Waals surface area contributed by atoms with Gasteiger partial charge in [0.1, 0.15) is 0 Å². The van der Waals surface area contributed by atoms with Gasteiger partial charge in [-0.15, -0.1) is 0 Å². The average Bonchev–Trinajstić information content (AvgIpc) is 3.73. The highest BCUT2D eigenvalue weighted by Gasteiger charge is 2.18. The summed E-state index contributed by atoms with van der Waals surface area (Å²) in [6.45, 7) is 0. The van der Waals surface area contributed by atoms with Crippen molar-refractivity contribution in [2.24, 2.45) is 0 Å². The lowest BCUT2D eigenvalue weighted by atomic mass is 9.94. The third kappa shape index (κ3) is 4.65. The van der Waals surface area contributed by atoms with Crippen LogP contribution in [-0.4, -0.2) is 9.55 Å². The molecule has 10 rings (SSSR count). The standard InChI is InChI=1S/C48H32N2/c1-5-13-32(14-6-1)35-21-24-45-41(27-35)44-31-38(34-17-9-3-10-18-34)30-40(48(44)49-45)37-23-26-47-43(29-37)42-28-36(33-15-7-2-8-16-33)22-25-46(42)50(47)39-19-11-4-12-20-39/h1-31,49H. The van der Waals surface area contributed by atoms with Crippen LogP contribution in [0, 0.1) is 0 Å². The van der Waals surface area contributed by atoms with Crippen molar-refractivity contribution in [2.45, 2.75) is 0 Å². The molecule has 0 fully saturated rings. The fourth-order valence-electron chi connectivity index (χ4n) is 7.69. The summed E-state index contributed by atoms with van der Waals surface area (Å²) >= 11 is 0. The predicted molar refractivity (Wildman–Crippen MR) is 212 cm³/mol. The van der Waals surface area contributed by atoms with E-state index >= 15 is 0 Å². The van der Waals surface area contributed by atoms with Gasteiger partial charge in [0.25, 0.3) is 0 Å². The molecule has 1 N–H and O–H groups in total. The van der Waals surface area contributed by atoms with Crippen LogP contribution >= 0.6 is 0 Å². The van der Waals surface area contributed by atoms with Crippen LogP contribution in [0.1, 0.15) is 0 Å². The molecule has 0 unspecified atom stereocenters. The average molecular weight is 637 g/mol. The van der Waals surface area contributed by atoms with E-state index in [2.05, 4.69) is 198 Å². The topological polar surface area (TPSA) is 20.7 Å². The van der Waals surface area contributed by atoms with Gasteiger partial charge in [-0.2, -0.15) is 0 Å². The number of aromatic amines is 1. The molecular weight excluding hydrogens is 605 g/mol. The Morgan fingerprint density at radius 2 is 0.780 bits per heavy atom. The van der Waals surface area contributed by atoms with Crippen LogP contribution in [0.3, 0.4) is 0 Å². The molecule has 2 nitrogen and oxygen atoms in total. The summed E-state index contributed by atoms with van der Waals surface area (Å²) in [5, 5.41) is 4.94. The summed E-state index contributed by atoms with van der Waals surface area (Å²) in [7, 11) is 0. The van der Waals surface area contributed by atoms with Gasteiger partial charge in [-0.25, -0.2) is 0 Å². The number of benzene rings is 8. The second-order valence-electron chi connectivity index (χ2n) is 13.1. The molecule has 8 aromatic carbocycles. The second kappa shape index (κ2) is 11.5. The highest BCUT2D eigenvalue weighted by atomic mass is 15.0. The molecule has 50 heavy (non-hydrogen) atoms. The normalized spacial score (nSPS) is 11.6. The number of hydrogen-bond acceptors (Lipinski definition) is 0. The lowest BCUT2D eigenvalue weighted by Gasteiger charge is -2.11. The fourth-order valence-corrected chi connectivity index (χ4v) is 7.69. The minimum absolute atomic E-state index is 1.14. The highest BCUT2D eigenvalue weighted by molar-refractivity contribution is 6.16. The largest absolute Gasteiger partial charge is 0.354 e. The lowest BCUT2D eigenvalue weighted by molar-refractivity contribution is 1.18. The second-order valence-corrected chi connectivity index (χ2v) is 13.1. The summed E-state index contributed by atoms with van der Waals surface area (Å²) < 4.78 is 2.40. The van der Waals surface area contributed by atoms with E-state index in [-0.39, 0.29) is 0 Å². The minimum Gasteiger partial charge on any atom is -0.354 e. The molecular formula is C48H32N2. The van der Waals surface area contributed by atoms with E-state index in [1.807, 2.05) is 0 Å². The van der Waals surface area contributed by atoms with E-state index in [0.717, 1.165) is 16.7 Å². The van der Waals surface area contributed by atoms with Crippen molar-refractivity contribution in [3.8, 4) is 50.2 Å². The molecule has 0 amide bonds. The van der Waals surface area contributed by atoms with Gasteiger partial charge >= 0.3 is 0 Å². The maximum atomic E-state index is 3.84. The van der Waals surface area contributed by atoms with E-state index in [9.17, 15) is 0 Å². The van der Waals surface area contributed by atoms with Gasteiger partial charge in [0.05, 0.1) is 16.6 Å². The summed E-state index contributed by atoms with van der Waals surface area (Å²) in [6.07, 6.45) is 0. The third-order valence-corrected chi connectivity index (χ3v) is 10.1. The molecule has 234 valence electrons. The Labute approximate surface area is 290 Å². The van der Waals surface area contributed by atoms with E-state index in [0.29, 0.717) is 0 Å². The lowest BCUT2D eigenvalue weighted by Crippen LogP contribution is -1.93. The quantitative estimate of drug-likeness (QED) is 0.194. The molecule has 10 aromatic rings. The van der Waals surface area contributed by atoms with E-state index < -0.39 is 0 Å². The van der Waals surface area contributed by atoms with Crippen LogP contribution in [0.2, 0.25) is 0 Å². The predicted octanol–water partition coefficient (Wildman–Crippen LogP) is 13.1. The summed E-state index contributed by atoms with van der Waals surface area (Å²) in [5.74, 6) is 0. The minimum atomic E-state index is 1.14. The van der Waals surface area contributed by atoms with Crippen molar-refractivity contribution in [2.75, 3.05) is 0 Å². The molecule has 0 atom stereocenters. The Bertz CT molecular complexity index is 2830. The first kappa shape index (κ1) is 28.4. The Morgan fingerprint density at radius 1 is 0.320 bits per heavy atom. The molecule has 0 aliphatic carbocycles. The summed E-state index contributed by atoms with van der Waals surface area (Å²) in [6, 6.07) is 68.1. The molecule has 2 heterocycles. The number of fused-ring (bicyclic) bond motifs is 6. The molecule has 0 bridgehead atoms. The number of hydrogen-bond donors (Lipinski definition) is 1. The molecule has 0 spiro atoms. The van der Waals surface area contributed by atoms with E-state index in [1.165, 1.54) is 77.1 Å². The Hall–Kier alpha value is -6.64. The van der Waals surface area contributed by atoms with Crippen molar-refractivity contribution in [1.29, 1.82) is 0 Å². The molecule has 2 heteroatoms. The number of nitrogens with zero attached hydrogens (tertiary/aromatic N) is 1. The van der Waals surface area contributed by atoms with Crippen LogP contribution in [-0.2, 0) is 0 Å². The first-order valence-corrected chi connectivity index (χ1v) is 17.2.